The number of rotatable bonds is 2. The Kier molecular flexibility index (Phi) is 3.14. The first-order chi connectivity index (χ1) is 9.13. The van der Waals surface area contributed by atoms with Crippen molar-refractivity contribution in [2.24, 2.45) is 0 Å². The van der Waals surface area contributed by atoms with Gasteiger partial charge in [0.25, 0.3) is 0 Å². The summed E-state index contributed by atoms with van der Waals surface area (Å²) in [6.07, 6.45) is 1.11. The maximum absolute atomic E-state index is 12.9. The van der Waals surface area contributed by atoms with Gasteiger partial charge in [0.1, 0.15) is 5.82 Å². The van der Waals surface area contributed by atoms with Crippen LogP contribution in [0.2, 0.25) is 0 Å². The number of nitrogens with zero attached hydrogens (tertiary/aromatic N) is 2. The van der Waals surface area contributed by atoms with Crippen LogP contribution in [-0.4, -0.2) is 46.2 Å². The van der Waals surface area contributed by atoms with Gasteiger partial charge in [-0.2, -0.15) is 0 Å². The van der Waals surface area contributed by atoms with Crippen molar-refractivity contribution in [1.82, 2.24) is 9.80 Å². The van der Waals surface area contributed by atoms with Crippen molar-refractivity contribution >= 4 is 6.09 Å². The average Bonchev–Trinajstić information content (AvgIpc) is 2.65. The number of amides is 1. The van der Waals surface area contributed by atoms with E-state index in [0.29, 0.717) is 0 Å². The van der Waals surface area contributed by atoms with Crippen LogP contribution in [0.3, 0.4) is 0 Å². The molecule has 4 nitrogen and oxygen atoms in total. The Bertz CT molecular complexity index is 463. The van der Waals surface area contributed by atoms with Crippen LogP contribution < -0.4 is 0 Å². The van der Waals surface area contributed by atoms with Crippen molar-refractivity contribution in [1.29, 1.82) is 0 Å². The number of carboxylic acid groups (broad SMARTS) is 1. The van der Waals surface area contributed by atoms with Gasteiger partial charge in [0.2, 0.25) is 0 Å². The molecule has 5 heteroatoms. The van der Waals surface area contributed by atoms with Crippen LogP contribution in [0.1, 0.15) is 18.4 Å². The van der Waals surface area contributed by atoms with Gasteiger partial charge in [-0.3, -0.25) is 9.80 Å². The normalized spacial score (nSPS) is 26.7. The van der Waals surface area contributed by atoms with Crippen LogP contribution in [0.5, 0.6) is 0 Å². The topological polar surface area (TPSA) is 43.8 Å². The van der Waals surface area contributed by atoms with E-state index in [2.05, 4.69) is 4.90 Å². The molecule has 0 spiro atoms. The zero-order valence-electron chi connectivity index (χ0n) is 10.6. The summed E-state index contributed by atoms with van der Waals surface area (Å²) in [6, 6.07) is 6.77. The smallest absolute Gasteiger partial charge is 0.407 e. The molecule has 2 fully saturated rings. The van der Waals surface area contributed by atoms with E-state index in [1.807, 2.05) is 0 Å². The minimum absolute atomic E-state index is 0.122. The fourth-order valence-corrected chi connectivity index (χ4v) is 3.28. The van der Waals surface area contributed by atoms with Gasteiger partial charge in [-0.1, -0.05) is 12.1 Å². The molecule has 0 radical (unpaired) electrons. The Morgan fingerprint density at radius 2 is 1.79 bits per heavy atom. The zero-order valence-corrected chi connectivity index (χ0v) is 10.6. The van der Waals surface area contributed by atoms with Crippen LogP contribution in [0.4, 0.5) is 9.18 Å². The van der Waals surface area contributed by atoms with Crippen LogP contribution in [0.15, 0.2) is 24.3 Å². The fourth-order valence-electron chi connectivity index (χ4n) is 3.28. The Balaban J connectivity index is 1.66. The van der Waals surface area contributed by atoms with E-state index < -0.39 is 6.09 Å². The molecule has 0 saturated carbocycles. The van der Waals surface area contributed by atoms with E-state index in [0.717, 1.165) is 38.0 Å². The number of hydrogen-bond donors (Lipinski definition) is 1. The van der Waals surface area contributed by atoms with Crippen LogP contribution in [0.25, 0.3) is 0 Å². The Morgan fingerprint density at radius 3 is 2.32 bits per heavy atom. The Hall–Kier alpha value is -1.62. The molecule has 0 aliphatic carbocycles. The number of hydrogen-bond acceptors (Lipinski definition) is 2. The first-order valence-electron chi connectivity index (χ1n) is 6.61. The maximum Gasteiger partial charge on any atom is 0.407 e. The molecule has 0 aromatic heterocycles. The lowest BCUT2D eigenvalue weighted by Crippen LogP contribution is -2.55. The van der Waals surface area contributed by atoms with E-state index >= 15 is 0 Å². The first-order valence-corrected chi connectivity index (χ1v) is 6.61. The minimum atomic E-state index is -0.797. The molecule has 2 aliphatic heterocycles. The van der Waals surface area contributed by atoms with Crippen molar-refractivity contribution in [3.63, 3.8) is 0 Å². The van der Waals surface area contributed by atoms with Crippen molar-refractivity contribution < 1.29 is 14.3 Å². The predicted octanol–water partition coefficient (Wildman–Crippen LogP) is 2.15. The second kappa shape index (κ2) is 4.81. The second-order valence-corrected chi connectivity index (χ2v) is 5.40. The van der Waals surface area contributed by atoms with Crippen molar-refractivity contribution in [2.45, 2.75) is 31.5 Å². The SMILES string of the molecule is O=C(O)N1C2CCC1CN(Cc1ccc(F)cc1)C2. The largest absolute Gasteiger partial charge is 0.465 e. The van der Waals surface area contributed by atoms with Gasteiger partial charge in [-0.25, -0.2) is 9.18 Å². The van der Waals surface area contributed by atoms with E-state index in [1.165, 1.54) is 12.1 Å². The first kappa shape index (κ1) is 12.4. The lowest BCUT2D eigenvalue weighted by atomic mass is 10.1. The van der Waals surface area contributed by atoms with Gasteiger partial charge in [-0.15, -0.1) is 0 Å². The Labute approximate surface area is 111 Å². The number of carbonyl (C=O) groups is 1. The molecule has 3 rings (SSSR count). The van der Waals surface area contributed by atoms with Gasteiger partial charge >= 0.3 is 6.09 Å². The molecule has 1 N–H and O–H groups in total. The molecule has 2 saturated heterocycles. The number of piperazine rings is 1. The van der Waals surface area contributed by atoms with E-state index in [4.69, 9.17) is 0 Å². The molecule has 102 valence electrons. The highest BCUT2D eigenvalue weighted by Crippen LogP contribution is 2.30. The molecule has 2 bridgehead atoms. The molecule has 1 aromatic carbocycles. The van der Waals surface area contributed by atoms with Gasteiger partial charge < -0.3 is 5.11 Å². The summed E-state index contributed by atoms with van der Waals surface area (Å²) in [5.41, 5.74) is 1.07. The molecule has 2 unspecified atom stereocenters. The summed E-state index contributed by atoms with van der Waals surface area (Å²) < 4.78 is 12.9. The third-order valence-electron chi connectivity index (χ3n) is 4.10. The monoisotopic (exact) mass is 264 g/mol. The number of fused-ring (bicyclic) bond motifs is 2. The standard InChI is InChI=1S/C14H17FN2O2/c15-11-3-1-10(2-4-11)7-16-8-12-5-6-13(9-16)17(12)14(18)19/h1-4,12-13H,5-9H2,(H,18,19). The van der Waals surface area contributed by atoms with Crippen LogP contribution in [-0.2, 0) is 6.54 Å². The summed E-state index contributed by atoms with van der Waals surface area (Å²) in [7, 11) is 0. The summed E-state index contributed by atoms with van der Waals surface area (Å²) in [5.74, 6) is -0.223. The zero-order chi connectivity index (χ0) is 13.4. The van der Waals surface area contributed by atoms with Gasteiger partial charge in [0.15, 0.2) is 0 Å². The fraction of sp³-hybridized carbons (Fsp3) is 0.500. The minimum Gasteiger partial charge on any atom is -0.465 e. The van der Waals surface area contributed by atoms with Gasteiger partial charge in [-0.05, 0) is 30.5 Å². The summed E-state index contributed by atoms with van der Waals surface area (Å²) in [6.45, 7) is 2.32. The highest BCUT2D eigenvalue weighted by Gasteiger charge is 2.42. The van der Waals surface area contributed by atoms with Gasteiger partial charge in [0.05, 0.1) is 0 Å². The average molecular weight is 264 g/mol. The third kappa shape index (κ3) is 2.42. The van der Waals surface area contributed by atoms with Crippen LogP contribution in [0, 0.1) is 5.82 Å². The lowest BCUT2D eigenvalue weighted by Gasteiger charge is -2.39. The number of benzene rings is 1. The van der Waals surface area contributed by atoms with Gasteiger partial charge in [0, 0.05) is 31.7 Å². The van der Waals surface area contributed by atoms with Crippen molar-refractivity contribution in [3.05, 3.63) is 35.6 Å². The molecule has 1 amide bonds. The van der Waals surface area contributed by atoms with Crippen molar-refractivity contribution in [3.8, 4) is 0 Å². The summed E-state index contributed by atoms with van der Waals surface area (Å²) >= 11 is 0. The summed E-state index contributed by atoms with van der Waals surface area (Å²) in [4.78, 5) is 15.1. The molecule has 1 aromatic rings. The van der Waals surface area contributed by atoms with Crippen LogP contribution >= 0.6 is 0 Å². The second-order valence-electron chi connectivity index (χ2n) is 5.40. The maximum atomic E-state index is 12.9. The molecule has 19 heavy (non-hydrogen) atoms. The number of halogens is 1. The van der Waals surface area contributed by atoms with E-state index in [9.17, 15) is 14.3 Å². The number of likely N-dealkylation sites (tertiary alicyclic amines) is 1. The highest BCUT2D eigenvalue weighted by molar-refractivity contribution is 5.66. The molecule has 2 aliphatic rings. The Morgan fingerprint density at radius 1 is 1.21 bits per heavy atom. The third-order valence-corrected chi connectivity index (χ3v) is 4.10. The van der Waals surface area contributed by atoms with Crippen molar-refractivity contribution in [2.75, 3.05) is 13.1 Å². The van der Waals surface area contributed by atoms with E-state index in [-0.39, 0.29) is 17.9 Å². The molecule has 2 atom stereocenters. The molecular weight excluding hydrogens is 247 g/mol. The summed E-state index contributed by atoms with van der Waals surface area (Å²) in [5, 5.41) is 9.19. The molecule has 2 heterocycles. The van der Waals surface area contributed by atoms with E-state index in [1.54, 1.807) is 17.0 Å². The quantitative estimate of drug-likeness (QED) is 0.890. The molecular formula is C14H17FN2O2. The highest BCUT2D eigenvalue weighted by atomic mass is 19.1. The lowest BCUT2D eigenvalue weighted by molar-refractivity contribution is 0.0592. The predicted molar refractivity (Wildman–Crippen MR) is 68.4 cm³/mol.